The van der Waals surface area contributed by atoms with E-state index in [-0.39, 0.29) is 13.0 Å². The average Bonchev–Trinajstić information content (AvgIpc) is 2.10. The molecule has 0 aliphatic carbocycles. The zero-order valence-corrected chi connectivity index (χ0v) is 5.75. The summed E-state index contributed by atoms with van der Waals surface area (Å²) in [5.74, 6) is -0.928. The summed E-state index contributed by atoms with van der Waals surface area (Å²) in [6, 6.07) is -0.616. The number of likely N-dealkylation sites (tertiary alicyclic amines) is 1. The second-order valence-corrected chi connectivity index (χ2v) is 2.63. The van der Waals surface area contributed by atoms with E-state index in [9.17, 15) is 9.18 Å². The molecule has 1 N–H and O–H groups in total. The number of nitrogens with zero attached hydrogens (tertiary/aromatic N) is 1. The van der Waals surface area contributed by atoms with E-state index in [1.807, 2.05) is 0 Å². The Morgan fingerprint density at radius 2 is 2.40 bits per heavy atom. The SMILES string of the molecule is CN1C[C@H](F)CC1C(=O)O. The molecule has 0 aromatic carbocycles. The Hall–Kier alpha value is -0.640. The van der Waals surface area contributed by atoms with Crippen LogP contribution in [0.15, 0.2) is 0 Å². The van der Waals surface area contributed by atoms with Crippen molar-refractivity contribution in [3.05, 3.63) is 0 Å². The number of aliphatic carboxylic acids is 1. The van der Waals surface area contributed by atoms with Crippen LogP contribution in [0.1, 0.15) is 6.42 Å². The summed E-state index contributed by atoms with van der Waals surface area (Å²) in [5.41, 5.74) is 0. The van der Waals surface area contributed by atoms with Crippen LogP contribution in [0.5, 0.6) is 0 Å². The van der Waals surface area contributed by atoms with E-state index >= 15 is 0 Å². The zero-order chi connectivity index (χ0) is 7.72. The highest BCUT2D eigenvalue weighted by molar-refractivity contribution is 5.73. The molecule has 0 radical (unpaired) electrons. The summed E-state index contributed by atoms with van der Waals surface area (Å²) >= 11 is 0. The highest BCUT2D eigenvalue weighted by Gasteiger charge is 2.34. The van der Waals surface area contributed by atoms with Crippen LogP contribution in [-0.4, -0.2) is 41.8 Å². The van der Waals surface area contributed by atoms with Gasteiger partial charge in [0.1, 0.15) is 12.2 Å². The van der Waals surface area contributed by atoms with Crippen molar-refractivity contribution < 1.29 is 14.3 Å². The van der Waals surface area contributed by atoms with Crippen LogP contribution in [0.4, 0.5) is 4.39 Å². The van der Waals surface area contributed by atoms with E-state index in [0.29, 0.717) is 0 Å². The van der Waals surface area contributed by atoms with E-state index in [1.54, 1.807) is 7.05 Å². The van der Waals surface area contributed by atoms with Crippen LogP contribution in [0, 0.1) is 0 Å². The van der Waals surface area contributed by atoms with Crippen LogP contribution in [0.2, 0.25) is 0 Å². The fourth-order valence-corrected chi connectivity index (χ4v) is 1.23. The summed E-state index contributed by atoms with van der Waals surface area (Å²) in [4.78, 5) is 11.9. The van der Waals surface area contributed by atoms with Gasteiger partial charge in [0.05, 0.1) is 0 Å². The lowest BCUT2D eigenvalue weighted by molar-refractivity contribution is -0.141. The van der Waals surface area contributed by atoms with Gasteiger partial charge in [-0.05, 0) is 7.05 Å². The largest absolute Gasteiger partial charge is 0.480 e. The van der Waals surface area contributed by atoms with Crippen LogP contribution < -0.4 is 0 Å². The molecule has 0 aromatic rings. The van der Waals surface area contributed by atoms with E-state index in [2.05, 4.69) is 0 Å². The van der Waals surface area contributed by atoms with Gasteiger partial charge in [-0.25, -0.2) is 4.39 Å². The van der Waals surface area contributed by atoms with E-state index in [4.69, 9.17) is 5.11 Å². The first-order valence-corrected chi connectivity index (χ1v) is 3.18. The molecule has 3 nitrogen and oxygen atoms in total. The van der Waals surface area contributed by atoms with E-state index in [0.717, 1.165) is 0 Å². The lowest BCUT2D eigenvalue weighted by Gasteiger charge is -2.12. The van der Waals surface area contributed by atoms with Crippen molar-refractivity contribution in [3.8, 4) is 0 Å². The highest BCUT2D eigenvalue weighted by Crippen LogP contribution is 2.17. The smallest absolute Gasteiger partial charge is 0.321 e. The Balaban J connectivity index is 2.54. The van der Waals surface area contributed by atoms with Gasteiger partial charge in [0, 0.05) is 13.0 Å². The average molecular weight is 147 g/mol. The van der Waals surface area contributed by atoms with Crippen LogP contribution in [-0.2, 0) is 4.79 Å². The number of halogens is 1. The monoisotopic (exact) mass is 147 g/mol. The normalized spacial score (nSPS) is 34.6. The maximum atomic E-state index is 12.5. The Labute approximate surface area is 58.4 Å². The number of carboxylic acids is 1. The van der Waals surface area contributed by atoms with Gasteiger partial charge in [-0.2, -0.15) is 0 Å². The van der Waals surface area contributed by atoms with Crippen molar-refractivity contribution in [2.75, 3.05) is 13.6 Å². The molecule has 58 valence electrons. The first-order valence-electron chi connectivity index (χ1n) is 3.18. The van der Waals surface area contributed by atoms with Gasteiger partial charge in [0.25, 0.3) is 0 Å². The van der Waals surface area contributed by atoms with E-state index in [1.165, 1.54) is 4.90 Å². The number of carbonyl (C=O) groups is 1. The van der Waals surface area contributed by atoms with Crippen molar-refractivity contribution in [1.82, 2.24) is 4.90 Å². The number of likely N-dealkylation sites (N-methyl/N-ethyl adjacent to an activating group) is 1. The lowest BCUT2D eigenvalue weighted by atomic mass is 10.2. The third-order valence-electron chi connectivity index (χ3n) is 1.78. The summed E-state index contributed by atoms with van der Waals surface area (Å²) in [6.07, 6.45) is -0.836. The van der Waals surface area contributed by atoms with Crippen LogP contribution in [0.25, 0.3) is 0 Å². The quantitative estimate of drug-likeness (QED) is 0.572. The maximum absolute atomic E-state index is 12.5. The number of rotatable bonds is 1. The summed E-state index contributed by atoms with van der Waals surface area (Å²) in [6.45, 7) is 0.247. The predicted molar refractivity (Wildman–Crippen MR) is 33.6 cm³/mol. The van der Waals surface area contributed by atoms with Gasteiger partial charge in [-0.15, -0.1) is 0 Å². The molecule has 0 saturated carbocycles. The Morgan fingerprint density at radius 3 is 2.60 bits per heavy atom. The fraction of sp³-hybridized carbons (Fsp3) is 0.833. The summed E-state index contributed by atoms with van der Waals surface area (Å²) < 4.78 is 12.5. The topological polar surface area (TPSA) is 40.5 Å². The fourth-order valence-electron chi connectivity index (χ4n) is 1.23. The van der Waals surface area contributed by atoms with Gasteiger partial charge in [0.15, 0.2) is 0 Å². The number of hydrogen-bond donors (Lipinski definition) is 1. The molecule has 1 aliphatic heterocycles. The van der Waals surface area contributed by atoms with Crippen molar-refractivity contribution in [2.24, 2.45) is 0 Å². The molecule has 0 amide bonds. The number of hydrogen-bond acceptors (Lipinski definition) is 2. The first kappa shape index (κ1) is 7.47. The molecular formula is C6H10FNO2. The van der Waals surface area contributed by atoms with Crippen LogP contribution in [0.3, 0.4) is 0 Å². The number of carboxylic acid groups (broad SMARTS) is 1. The molecule has 0 aromatic heterocycles. The number of alkyl halides is 1. The molecular weight excluding hydrogens is 137 g/mol. The van der Waals surface area contributed by atoms with Crippen molar-refractivity contribution in [1.29, 1.82) is 0 Å². The van der Waals surface area contributed by atoms with Gasteiger partial charge in [0.2, 0.25) is 0 Å². The van der Waals surface area contributed by atoms with Crippen molar-refractivity contribution >= 4 is 5.97 Å². The maximum Gasteiger partial charge on any atom is 0.321 e. The molecule has 10 heavy (non-hydrogen) atoms. The van der Waals surface area contributed by atoms with Gasteiger partial charge >= 0.3 is 5.97 Å². The Bertz CT molecular complexity index is 151. The molecule has 0 spiro atoms. The molecule has 0 bridgehead atoms. The first-order chi connectivity index (χ1) is 4.61. The molecule has 1 fully saturated rings. The second-order valence-electron chi connectivity index (χ2n) is 2.63. The van der Waals surface area contributed by atoms with Crippen molar-refractivity contribution in [2.45, 2.75) is 18.6 Å². The molecule has 1 heterocycles. The Morgan fingerprint density at radius 1 is 1.80 bits per heavy atom. The standard InChI is InChI=1S/C6H10FNO2/c1-8-3-4(7)2-5(8)6(9)10/h4-5H,2-3H2,1H3,(H,9,10)/t4-,5?/m1/s1. The highest BCUT2D eigenvalue weighted by atomic mass is 19.1. The Kier molecular flexibility index (Phi) is 1.89. The van der Waals surface area contributed by atoms with E-state index < -0.39 is 18.2 Å². The van der Waals surface area contributed by atoms with Crippen molar-refractivity contribution in [3.63, 3.8) is 0 Å². The van der Waals surface area contributed by atoms with Gasteiger partial charge < -0.3 is 5.11 Å². The lowest BCUT2D eigenvalue weighted by Crippen LogP contribution is -2.32. The van der Waals surface area contributed by atoms with Crippen LogP contribution >= 0.6 is 0 Å². The third kappa shape index (κ3) is 1.26. The summed E-state index contributed by atoms with van der Waals surface area (Å²) in [7, 11) is 1.62. The molecule has 1 aliphatic rings. The predicted octanol–water partition coefficient (Wildman–Crippen LogP) is 0.113. The second kappa shape index (κ2) is 2.54. The molecule has 1 unspecified atom stereocenters. The minimum Gasteiger partial charge on any atom is -0.480 e. The van der Waals surface area contributed by atoms with Gasteiger partial charge in [-0.3, -0.25) is 9.69 Å². The zero-order valence-electron chi connectivity index (χ0n) is 5.75. The van der Waals surface area contributed by atoms with Gasteiger partial charge in [-0.1, -0.05) is 0 Å². The molecule has 1 saturated heterocycles. The molecule has 4 heteroatoms. The molecule has 2 atom stereocenters. The molecule has 1 rings (SSSR count). The third-order valence-corrected chi connectivity index (χ3v) is 1.78. The minimum absolute atomic E-state index is 0.131. The summed E-state index contributed by atoms with van der Waals surface area (Å²) in [5, 5.41) is 8.49. The minimum atomic E-state index is -0.967.